The first-order chi connectivity index (χ1) is 21.5. The molecule has 0 saturated heterocycles. The molecule has 222 valence electrons. The number of ether oxygens (including phenoxy) is 2. The van der Waals surface area contributed by atoms with Crippen molar-refractivity contribution in [2.24, 2.45) is 5.92 Å². The van der Waals surface area contributed by atoms with Gasteiger partial charge >= 0.3 is 0 Å². The van der Waals surface area contributed by atoms with Crippen molar-refractivity contribution in [3.8, 4) is 11.5 Å². The summed E-state index contributed by atoms with van der Waals surface area (Å²) in [6.45, 7) is 3.39. The zero-order valence-electron chi connectivity index (χ0n) is 25.3. The van der Waals surface area contributed by atoms with Crippen molar-refractivity contribution in [3.05, 3.63) is 119 Å². The topological polar surface area (TPSA) is 64.7 Å². The number of para-hydroxylation sites is 3. The predicted octanol–water partition coefficient (Wildman–Crippen LogP) is 5.88. The van der Waals surface area contributed by atoms with Crippen molar-refractivity contribution >= 4 is 28.4 Å². The normalized spacial score (nSPS) is 16.8. The molecule has 7 nitrogen and oxygen atoms in total. The quantitative estimate of drug-likeness (QED) is 0.168. The fourth-order valence-electron chi connectivity index (χ4n) is 7.32. The molecule has 0 radical (unpaired) electrons. The molecule has 1 aromatic heterocycles. The van der Waals surface area contributed by atoms with Crippen LogP contribution < -0.4 is 18.9 Å². The molecule has 1 aliphatic heterocycles. The standard InChI is InChI=1S/C37H36N3O4/c1-24-38(31-12-6-7-13-32(31)39(24)23-33(41)25-15-17-28(43-2)18-16-25)20-19-35(42)40-22-27-21-26-9-4-5-10-29(26)36(27)30-11-8-14-34(44-3)37(30)40/h4-18,27,36H,19-23H2,1-3H3/q+1/t27-,36+/m0/s1. The van der Waals surface area contributed by atoms with Gasteiger partial charge in [-0.1, -0.05) is 48.5 Å². The van der Waals surface area contributed by atoms with Crippen LogP contribution in [-0.2, 0) is 24.3 Å². The van der Waals surface area contributed by atoms with Crippen LogP contribution in [0.25, 0.3) is 11.0 Å². The van der Waals surface area contributed by atoms with E-state index < -0.39 is 0 Å². The van der Waals surface area contributed by atoms with Crippen molar-refractivity contribution in [2.45, 2.75) is 38.8 Å². The maximum absolute atomic E-state index is 14.1. The molecule has 7 heteroatoms. The van der Waals surface area contributed by atoms with Crippen LogP contribution in [-0.4, -0.2) is 37.0 Å². The third-order valence-electron chi connectivity index (χ3n) is 9.42. The van der Waals surface area contributed by atoms with Crippen LogP contribution in [0.4, 0.5) is 5.69 Å². The molecule has 44 heavy (non-hydrogen) atoms. The molecule has 2 atom stereocenters. The number of carbonyl (C=O) groups is 2. The first-order valence-electron chi connectivity index (χ1n) is 15.2. The van der Waals surface area contributed by atoms with Crippen molar-refractivity contribution in [1.29, 1.82) is 0 Å². The van der Waals surface area contributed by atoms with Crippen molar-refractivity contribution in [2.75, 3.05) is 25.7 Å². The van der Waals surface area contributed by atoms with Crippen molar-refractivity contribution in [3.63, 3.8) is 0 Å². The Balaban J connectivity index is 1.17. The molecule has 1 amide bonds. The molecule has 7 rings (SSSR count). The van der Waals surface area contributed by atoms with E-state index in [1.807, 2.05) is 46.7 Å². The van der Waals surface area contributed by atoms with Crippen LogP contribution in [0.1, 0.15) is 45.2 Å². The molecule has 2 heterocycles. The minimum absolute atomic E-state index is 0.0175. The van der Waals surface area contributed by atoms with Gasteiger partial charge in [0.1, 0.15) is 11.5 Å². The summed E-state index contributed by atoms with van der Waals surface area (Å²) in [4.78, 5) is 29.4. The van der Waals surface area contributed by atoms with E-state index in [4.69, 9.17) is 9.47 Å². The predicted molar refractivity (Wildman–Crippen MR) is 170 cm³/mol. The van der Waals surface area contributed by atoms with E-state index in [0.717, 1.165) is 40.3 Å². The van der Waals surface area contributed by atoms with E-state index in [9.17, 15) is 9.59 Å². The van der Waals surface area contributed by atoms with E-state index in [1.165, 1.54) is 11.1 Å². The number of hydrogen-bond acceptors (Lipinski definition) is 4. The maximum atomic E-state index is 14.1. The summed E-state index contributed by atoms with van der Waals surface area (Å²) in [7, 11) is 3.29. The summed E-state index contributed by atoms with van der Waals surface area (Å²) in [5.74, 6) is 3.06. The SMILES string of the molecule is COc1ccc(C(=O)C[n+]2c(C)n(CCC(=O)N3C[C@@H]4Cc5ccccc5[C@@H]4c4cccc(OC)c43)c3ccccc32)cc1. The number of anilines is 1. The third kappa shape index (κ3) is 4.64. The number of fused-ring (bicyclic) bond motifs is 6. The van der Waals surface area contributed by atoms with E-state index in [2.05, 4.69) is 41.0 Å². The second kappa shape index (κ2) is 11.3. The van der Waals surface area contributed by atoms with Gasteiger partial charge in [-0.15, -0.1) is 0 Å². The number of imidazole rings is 1. The van der Waals surface area contributed by atoms with E-state index in [-0.39, 0.29) is 24.2 Å². The largest absolute Gasteiger partial charge is 0.497 e. The molecule has 5 aromatic rings. The smallest absolute Gasteiger partial charge is 0.254 e. The summed E-state index contributed by atoms with van der Waals surface area (Å²) >= 11 is 0. The average molecular weight is 587 g/mol. The van der Waals surface area contributed by atoms with Crippen LogP contribution in [0.3, 0.4) is 0 Å². The Morgan fingerprint density at radius 1 is 0.864 bits per heavy atom. The molecule has 1 aliphatic carbocycles. The number of hydrogen-bond donors (Lipinski definition) is 0. The Bertz CT molecular complexity index is 1890. The lowest BCUT2D eigenvalue weighted by atomic mass is 9.81. The van der Waals surface area contributed by atoms with Gasteiger partial charge in [0, 0.05) is 24.9 Å². The number of amides is 1. The number of rotatable bonds is 8. The van der Waals surface area contributed by atoms with Crippen molar-refractivity contribution < 1.29 is 23.6 Å². The first kappa shape index (κ1) is 27.9. The summed E-state index contributed by atoms with van der Waals surface area (Å²) in [5.41, 5.74) is 7.40. The van der Waals surface area contributed by atoms with Gasteiger partial charge in [0.05, 0.1) is 32.9 Å². The molecule has 0 N–H and O–H groups in total. The third-order valence-corrected chi connectivity index (χ3v) is 9.42. The summed E-state index contributed by atoms with van der Waals surface area (Å²) < 4.78 is 15.3. The van der Waals surface area contributed by atoms with E-state index >= 15 is 0 Å². The van der Waals surface area contributed by atoms with Gasteiger partial charge < -0.3 is 14.4 Å². The van der Waals surface area contributed by atoms with Gasteiger partial charge in [0.2, 0.25) is 11.7 Å². The highest BCUT2D eigenvalue weighted by molar-refractivity contribution is 5.97. The molecule has 2 aliphatic rings. The Morgan fingerprint density at radius 2 is 1.61 bits per heavy atom. The number of Topliss-reactive ketones (excluding diaryl/α,β-unsaturated/α-hetero) is 1. The zero-order valence-corrected chi connectivity index (χ0v) is 25.3. The summed E-state index contributed by atoms with van der Waals surface area (Å²) in [6.07, 6.45) is 1.29. The lowest BCUT2D eigenvalue weighted by Gasteiger charge is -2.38. The van der Waals surface area contributed by atoms with Crippen LogP contribution in [0.15, 0.2) is 91.0 Å². The van der Waals surface area contributed by atoms with Crippen LogP contribution in [0.5, 0.6) is 11.5 Å². The fraction of sp³-hybridized carbons (Fsp3) is 0.270. The minimum atomic E-state index is 0.0175. The minimum Gasteiger partial charge on any atom is -0.497 e. The number of methoxy groups -OCH3 is 2. The van der Waals surface area contributed by atoms with Crippen LogP contribution >= 0.6 is 0 Å². The van der Waals surface area contributed by atoms with Gasteiger partial charge in [0.15, 0.2) is 17.6 Å². The first-order valence-corrected chi connectivity index (χ1v) is 15.2. The molecular formula is C37H36N3O4+. The second-order valence-electron chi connectivity index (χ2n) is 11.7. The number of ketones is 1. The molecule has 0 bridgehead atoms. The fourth-order valence-corrected chi connectivity index (χ4v) is 7.32. The van der Waals surface area contributed by atoms with Gasteiger partial charge in [0.25, 0.3) is 5.82 Å². The molecule has 0 saturated carbocycles. The molecule has 4 aromatic carbocycles. The Morgan fingerprint density at radius 3 is 2.41 bits per heavy atom. The highest BCUT2D eigenvalue weighted by Gasteiger charge is 2.42. The number of aromatic nitrogens is 2. The zero-order chi connectivity index (χ0) is 30.4. The van der Waals surface area contributed by atoms with E-state index in [0.29, 0.717) is 36.7 Å². The Kier molecular flexibility index (Phi) is 7.17. The lowest BCUT2D eigenvalue weighted by molar-refractivity contribution is -0.664. The molecule has 0 spiro atoms. The van der Waals surface area contributed by atoms with Crippen molar-refractivity contribution in [1.82, 2.24) is 4.57 Å². The molecule has 0 fully saturated rings. The summed E-state index contributed by atoms with van der Waals surface area (Å²) in [5, 5.41) is 0. The van der Waals surface area contributed by atoms with Gasteiger partial charge in [-0.2, -0.15) is 0 Å². The van der Waals surface area contributed by atoms with Crippen LogP contribution in [0.2, 0.25) is 0 Å². The number of benzene rings is 4. The average Bonchev–Trinajstić information content (AvgIpc) is 3.57. The number of nitrogens with zero attached hydrogens (tertiary/aromatic N) is 3. The molecular weight excluding hydrogens is 550 g/mol. The van der Waals surface area contributed by atoms with E-state index in [1.54, 1.807) is 38.5 Å². The van der Waals surface area contributed by atoms with Gasteiger partial charge in [-0.25, -0.2) is 9.13 Å². The highest BCUT2D eigenvalue weighted by Crippen LogP contribution is 2.51. The summed E-state index contributed by atoms with van der Waals surface area (Å²) in [6, 6.07) is 30.1. The lowest BCUT2D eigenvalue weighted by Crippen LogP contribution is -2.42. The van der Waals surface area contributed by atoms with Gasteiger partial charge in [-0.3, -0.25) is 9.59 Å². The number of aryl methyl sites for hydroxylation is 1. The van der Waals surface area contributed by atoms with Crippen LogP contribution in [0, 0.1) is 12.8 Å². The number of carbonyl (C=O) groups excluding carboxylic acids is 2. The highest BCUT2D eigenvalue weighted by atomic mass is 16.5. The Labute approximate surface area is 257 Å². The molecule has 0 unspecified atom stereocenters. The van der Waals surface area contributed by atoms with Gasteiger partial charge in [-0.05, 0) is 71.5 Å². The monoisotopic (exact) mass is 586 g/mol. The Hall–Kier alpha value is -4.91. The second-order valence-corrected chi connectivity index (χ2v) is 11.7. The maximum Gasteiger partial charge on any atom is 0.254 e.